The Morgan fingerprint density at radius 2 is 1.89 bits per heavy atom. The molecule has 4 rings (SSSR count). The fourth-order valence-corrected chi connectivity index (χ4v) is 4.10. The predicted molar refractivity (Wildman–Crippen MR) is 101 cm³/mol. The first-order valence-electron chi connectivity index (χ1n) is 8.63. The number of nitrogens with zero attached hydrogens (tertiary/aromatic N) is 4. The van der Waals surface area contributed by atoms with Crippen LogP contribution in [0.4, 0.5) is 5.69 Å². The molecule has 27 heavy (non-hydrogen) atoms. The molecule has 1 aliphatic heterocycles. The first-order valence-corrected chi connectivity index (χ1v) is 9.61. The van der Waals surface area contributed by atoms with Crippen LogP contribution in [-0.2, 0) is 10.5 Å². The van der Waals surface area contributed by atoms with Crippen molar-refractivity contribution in [1.82, 2.24) is 10.1 Å². The molecule has 0 N–H and O–H groups in total. The molecule has 1 aliphatic rings. The lowest BCUT2D eigenvalue weighted by atomic mass is 10.0. The van der Waals surface area contributed by atoms with E-state index in [1.54, 1.807) is 9.58 Å². The molecule has 0 saturated carbocycles. The van der Waals surface area contributed by atoms with Gasteiger partial charge in [0, 0.05) is 24.7 Å². The van der Waals surface area contributed by atoms with Gasteiger partial charge in [-0.25, -0.2) is 4.98 Å². The average Bonchev–Trinajstić information content (AvgIpc) is 2.67. The van der Waals surface area contributed by atoms with Crippen LogP contribution in [0.5, 0.6) is 5.88 Å². The molecule has 1 unspecified atom stereocenters. The third kappa shape index (κ3) is 3.14. The summed E-state index contributed by atoms with van der Waals surface area (Å²) in [6, 6.07) is 17.3. The number of hydrogen-bond donors (Lipinski definition) is 0. The van der Waals surface area contributed by atoms with Crippen molar-refractivity contribution < 1.29 is 14.6 Å². The van der Waals surface area contributed by atoms with Crippen molar-refractivity contribution in [2.75, 3.05) is 4.90 Å². The largest absolute Gasteiger partial charge is 0.854 e. The Balaban J connectivity index is 1.76. The molecule has 1 atom stereocenters. The Morgan fingerprint density at radius 3 is 2.63 bits per heavy atom. The minimum absolute atomic E-state index is 0.0994. The van der Waals surface area contributed by atoms with Gasteiger partial charge in [-0.1, -0.05) is 58.9 Å². The van der Waals surface area contributed by atoms with Gasteiger partial charge in [0.1, 0.15) is 0 Å². The zero-order valence-electron chi connectivity index (χ0n) is 15.0. The summed E-state index contributed by atoms with van der Waals surface area (Å²) in [5.41, 5.74) is 2.93. The second kappa shape index (κ2) is 7.00. The summed E-state index contributed by atoms with van der Waals surface area (Å²) in [5.74, 6) is 0.238. The zero-order valence-corrected chi connectivity index (χ0v) is 15.8. The number of para-hydroxylation sites is 1. The molecule has 136 valence electrons. The molecule has 0 spiro atoms. The highest BCUT2D eigenvalue weighted by atomic mass is 32.2. The number of hydrogen-bond acceptors (Lipinski definition) is 5. The van der Waals surface area contributed by atoms with Gasteiger partial charge < -0.3 is 5.11 Å². The SMILES string of the molecule is CC(=O)N1c2ccccc2-c2c([O-])nc(SCc3ccccc3)n[n+]2C1C. The zero-order chi connectivity index (χ0) is 19.0. The van der Waals surface area contributed by atoms with Gasteiger partial charge in [0.05, 0.1) is 17.1 Å². The maximum Gasteiger partial charge on any atom is 0.263 e. The van der Waals surface area contributed by atoms with Crippen molar-refractivity contribution in [3.05, 3.63) is 60.2 Å². The summed E-state index contributed by atoms with van der Waals surface area (Å²) in [4.78, 5) is 18.1. The van der Waals surface area contributed by atoms with Crippen LogP contribution in [-0.4, -0.2) is 16.0 Å². The standard InChI is InChI=1S/C20H18N4O2S/c1-13-23(14(2)25)17-11-7-6-10-16(17)18-19(26)21-20(22-24(13)18)27-12-15-8-4-3-5-9-15/h3-11,13H,12H2,1-2H3. The Kier molecular flexibility index (Phi) is 4.53. The third-order valence-electron chi connectivity index (χ3n) is 4.52. The van der Waals surface area contributed by atoms with Crippen LogP contribution in [0.25, 0.3) is 11.3 Å². The van der Waals surface area contributed by atoms with E-state index in [9.17, 15) is 9.90 Å². The van der Waals surface area contributed by atoms with E-state index >= 15 is 0 Å². The van der Waals surface area contributed by atoms with Gasteiger partial charge in [0.15, 0.2) is 0 Å². The van der Waals surface area contributed by atoms with Crippen LogP contribution in [0.1, 0.15) is 25.6 Å². The molecular weight excluding hydrogens is 360 g/mol. The Labute approximate surface area is 161 Å². The van der Waals surface area contributed by atoms with Gasteiger partial charge in [0.25, 0.3) is 17.0 Å². The lowest BCUT2D eigenvalue weighted by Gasteiger charge is -2.30. The minimum atomic E-state index is -0.404. The number of rotatable bonds is 3. The van der Waals surface area contributed by atoms with Crippen LogP contribution < -0.4 is 14.7 Å². The number of carbonyl (C=O) groups excluding carboxylic acids is 1. The van der Waals surface area contributed by atoms with Crippen molar-refractivity contribution in [3.8, 4) is 17.1 Å². The number of aromatic nitrogens is 3. The fourth-order valence-electron chi connectivity index (χ4n) is 3.32. The Morgan fingerprint density at radius 1 is 1.19 bits per heavy atom. The van der Waals surface area contributed by atoms with Gasteiger partial charge in [-0.15, -0.1) is 0 Å². The van der Waals surface area contributed by atoms with Crippen LogP contribution in [0, 0.1) is 0 Å². The Bertz CT molecular complexity index is 1010. The first-order chi connectivity index (χ1) is 13.1. The summed E-state index contributed by atoms with van der Waals surface area (Å²) in [5, 5.41) is 17.8. The van der Waals surface area contributed by atoms with Gasteiger partial charge in [-0.2, -0.15) is 0 Å². The van der Waals surface area contributed by atoms with Crippen LogP contribution >= 0.6 is 11.8 Å². The van der Waals surface area contributed by atoms with Gasteiger partial charge in [-0.05, 0) is 17.7 Å². The van der Waals surface area contributed by atoms with Gasteiger partial charge in [0.2, 0.25) is 5.91 Å². The van der Waals surface area contributed by atoms with E-state index < -0.39 is 6.17 Å². The minimum Gasteiger partial charge on any atom is -0.854 e. The number of carbonyl (C=O) groups is 1. The van der Waals surface area contributed by atoms with Crippen LogP contribution in [0.15, 0.2) is 59.8 Å². The van der Waals surface area contributed by atoms with E-state index in [-0.39, 0.29) is 11.8 Å². The van der Waals surface area contributed by atoms with Crippen LogP contribution in [0.2, 0.25) is 0 Å². The summed E-state index contributed by atoms with van der Waals surface area (Å²) in [6.45, 7) is 3.38. The molecule has 7 heteroatoms. The lowest BCUT2D eigenvalue weighted by molar-refractivity contribution is -0.769. The molecule has 0 radical (unpaired) electrons. The van der Waals surface area contributed by atoms with E-state index in [1.165, 1.54) is 18.7 Å². The topological polar surface area (TPSA) is 73.0 Å². The number of benzene rings is 2. The number of fused-ring (bicyclic) bond motifs is 3. The molecule has 2 heterocycles. The second-order valence-electron chi connectivity index (χ2n) is 6.31. The highest BCUT2D eigenvalue weighted by molar-refractivity contribution is 7.98. The number of amides is 1. The van der Waals surface area contributed by atoms with Gasteiger partial charge >= 0.3 is 0 Å². The molecule has 0 saturated heterocycles. The summed E-state index contributed by atoms with van der Waals surface area (Å²) in [6.07, 6.45) is -0.404. The predicted octanol–water partition coefficient (Wildman–Crippen LogP) is 2.68. The van der Waals surface area contributed by atoms with E-state index in [4.69, 9.17) is 0 Å². The summed E-state index contributed by atoms with van der Waals surface area (Å²) >= 11 is 1.41. The molecule has 0 bridgehead atoms. The van der Waals surface area contributed by atoms with Gasteiger partial charge in [-0.3, -0.25) is 9.69 Å². The van der Waals surface area contributed by atoms with E-state index in [1.807, 2.05) is 61.5 Å². The van der Waals surface area contributed by atoms with Crippen LogP contribution in [0.3, 0.4) is 0 Å². The smallest absolute Gasteiger partial charge is 0.263 e. The highest BCUT2D eigenvalue weighted by Crippen LogP contribution is 2.38. The van der Waals surface area contributed by atoms with E-state index in [0.29, 0.717) is 27.9 Å². The first kappa shape index (κ1) is 17.5. The molecule has 1 amide bonds. The summed E-state index contributed by atoms with van der Waals surface area (Å²) < 4.78 is 1.62. The molecule has 3 aromatic rings. The molecule has 0 aliphatic carbocycles. The van der Waals surface area contributed by atoms with Crippen molar-refractivity contribution in [2.45, 2.75) is 30.9 Å². The van der Waals surface area contributed by atoms with Crippen molar-refractivity contribution in [1.29, 1.82) is 0 Å². The maximum absolute atomic E-state index is 12.8. The lowest BCUT2D eigenvalue weighted by Crippen LogP contribution is -2.57. The molecular formula is C20H18N4O2S. The third-order valence-corrected chi connectivity index (χ3v) is 5.43. The fraction of sp³-hybridized carbons (Fsp3) is 0.200. The van der Waals surface area contributed by atoms with E-state index in [0.717, 1.165) is 5.56 Å². The highest BCUT2D eigenvalue weighted by Gasteiger charge is 2.39. The van der Waals surface area contributed by atoms with Crippen molar-refractivity contribution in [2.24, 2.45) is 0 Å². The van der Waals surface area contributed by atoms with Crippen molar-refractivity contribution >= 4 is 23.4 Å². The van der Waals surface area contributed by atoms with E-state index in [2.05, 4.69) is 10.1 Å². The number of thioether (sulfide) groups is 1. The Hall–Kier alpha value is -2.93. The average molecular weight is 378 g/mol. The number of anilines is 1. The quantitative estimate of drug-likeness (QED) is 0.518. The maximum atomic E-state index is 12.8. The summed E-state index contributed by atoms with van der Waals surface area (Å²) in [7, 11) is 0. The van der Waals surface area contributed by atoms with Crippen molar-refractivity contribution in [3.63, 3.8) is 0 Å². The second-order valence-corrected chi connectivity index (χ2v) is 7.25. The normalized spacial score (nSPS) is 15.2. The molecule has 0 fully saturated rings. The monoisotopic (exact) mass is 378 g/mol. The molecule has 2 aromatic carbocycles. The molecule has 1 aromatic heterocycles. The molecule has 6 nitrogen and oxygen atoms in total.